The molecular formula is C17H17ClF3N3O2. The van der Waals surface area contributed by atoms with E-state index in [2.05, 4.69) is 15.2 Å². The van der Waals surface area contributed by atoms with Crippen LogP contribution in [0.15, 0.2) is 30.5 Å². The number of halogens is 4. The first-order valence-corrected chi connectivity index (χ1v) is 8.40. The molecule has 9 heteroatoms. The number of aryl methyl sites for hydroxylation is 1. The zero-order chi connectivity index (χ0) is 18.9. The van der Waals surface area contributed by atoms with Crippen molar-refractivity contribution in [2.75, 3.05) is 6.54 Å². The molecule has 0 spiro atoms. The summed E-state index contributed by atoms with van der Waals surface area (Å²) in [6, 6.07) is 5.92. The third-order valence-electron chi connectivity index (χ3n) is 4.58. The highest BCUT2D eigenvalue weighted by Crippen LogP contribution is 2.44. The molecule has 1 fully saturated rings. The van der Waals surface area contributed by atoms with Gasteiger partial charge in [-0.15, -0.1) is 13.2 Å². The molecular weight excluding hydrogens is 371 g/mol. The topological polar surface area (TPSA) is 56.2 Å². The van der Waals surface area contributed by atoms with Crippen LogP contribution in [0.3, 0.4) is 0 Å². The van der Waals surface area contributed by atoms with Gasteiger partial charge in [-0.1, -0.05) is 30.2 Å². The van der Waals surface area contributed by atoms with Gasteiger partial charge in [-0.05, 0) is 30.5 Å². The van der Waals surface area contributed by atoms with Crippen molar-refractivity contribution in [3.63, 3.8) is 0 Å². The SMILES string of the molecule is Cn1cc(Cl)c(C(=O)NCC2(c3cccc(OC(F)(F)F)c3)CCC2)n1. The van der Waals surface area contributed by atoms with Crippen LogP contribution >= 0.6 is 11.6 Å². The van der Waals surface area contributed by atoms with Gasteiger partial charge in [0.05, 0.1) is 5.02 Å². The van der Waals surface area contributed by atoms with E-state index >= 15 is 0 Å². The van der Waals surface area contributed by atoms with Crippen LogP contribution in [0, 0.1) is 0 Å². The van der Waals surface area contributed by atoms with Crippen molar-refractivity contribution in [1.29, 1.82) is 0 Å². The van der Waals surface area contributed by atoms with E-state index in [1.807, 2.05) is 0 Å². The minimum absolute atomic E-state index is 0.123. The smallest absolute Gasteiger partial charge is 0.406 e. The number of alkyl halides is 3. The molecule has 1 heterocycles. The van der Waals surface area contributed by atoms with Crippen molar-refractivity contribution in [3.8, 4) is 5.75 Å². The van der Waals surface area contributed by atoms with Crippen molar-refractivity contribution in [1.82, 2.24) is 15.1 Å². The summed E-state index contributed by atoms with van der Waals surface area (Å²) < 4.78 is 42.8. The van der Waals surface area contributed by atoms with Crippen molar-refractivity contribution in [2.24, 2.45) is 7.05 Å². The van der Waals surface area contributed by atoms with Crippen LogP contribution in [0.25, 0.3) is 0 Å². The Balaban J connectivity index is 1.74. The lowest BCUT2D eigenvalue weighted by molar-refractivity contribution is -0.274. The number of nitrogens with one attached hydrogen (secondary N) is 1. The van der Waals surface area contributed by atoms with Gasteiger partial charge in [0.1, 0.15) is 5.75 Å². The molecule has 0 aliphatic heterocycles. The molecule has 1 amide bonds. The highest BCUT2D eigenvalue weighted by atomic mass is 35.5. The number of hydrogen-bond donors (Lipinski definition) is 1. The summed E-state index contributed by atoms with van der Waals surface area (Å²) >= 11 is 5.97. The van der Waals surface area contributed by atoms with E-state index in [1.54, 1.807) is 13.1 Å². The molecule has 1 saturated carbocycles. The number of nitrogens with zero attached hydrogens (tertiary/aromatic N) is 2. The first kappa shape index (κ1) is 18.6. The fraction of sp³-hybridized carbons (Fsp3) is 0.412. The molecule has 0 radical (unpaired) electrons. The quantitative estimate of drug-likeness (QED) is 0.848. The fourth-order valence-corrected chi connectivity index (χ4v) is 3.41. The van der Waals surface area contributed by atoms with Crippen LogP contribution in [0.1, 0.15) is 35.3 Å². The van der Waals surface area contributed by atoms with Gasteiger partial charge in [0.15, 0.2) is 5.69 Å². The van der Waals surface area contributed by atoms with E-state index in [9.17, 15) is 18.0 Å². The molecule has 1 aliphatic carbocycles. The summed E-state index contributed by atoms with van der Waals surface area (Å²) in [5.41, 5.74) is 0.415. The van der Waals surface area contributed by atoms with Crippen LogP contribution in [0.2, 0.25) is 5.02 Å². The number of amides is 1. The Kier molecular flexibility index (Phi) is 4.88. The Morgan fingerprint density at radius 2 is 2.15 bits per heavy atom. The Labute approximate surface area is 153 Å². The molecule has 1 N–H and O–H groups in total. The van der Waals surface area contributed by atoms with E-state index in [-0.39, 0.29) is 23.0 Å². The largest absolute Gasteiger partial charge is 0.573 e. The molecule has 5 nitrogen and oxygen atoms in total. The average molecular weight is 388 g/mol. The van der Waals surface area contributed by atoms with E-state index in [0.29, 0.717) is 5.56 Å². The number of aromatic nitrogens is 2. The van der Waals surface area contributed by atoms with Gasteiger partial charge in [-0.2, -0.15) is 5.10 Å². The first-order valence-electron chi connectivity index (χ1n) is 8.02. The molecule has 0 atom stereocenters. The van der Waals surface area contributed by atoms with Gasteiger partial charge >= 0.3 is 6.36 Å². The van der Waals surface area contributed by atoms with Gasteiger partial charge < -0.3 is 10.1 Å². The highest BCUT2D eigenvalue weighted by molar-refractivity contribution is 6.33. The molecule has 0 saturated heterocycles. The summed E-state index contributed by atoms with van der Waals surface area (Å²) in [5.74, 6) is -0.676. The second-order valence-corrected chi connectivity index (χ2v) is 6.80. The second kappa shape index (κ2) is 6.83. The van der Waals surface area contributed by atoms with Crippen LogP contribution < -0.4 is 10.1 Å². The minimum Gasteiger partial charge on any atom is -0.406 e. The molecule has 1 aromatic heterocycles. The average Bonchev–Trinajstić information content (AvgIpc) is 2.83. The van der Waals surface area contributed by atoms with Gasteiger partial charge in [0.2, 0.25) is 0 Å². The minimum atomic E-state index is -4.74. The van der Waals surface area contributed by atoms with Crippen molar-refractivity contribution in [2.45, 2.75) is 31.0 Å². The second-order valence-electron chi connectivity index (χ2n) is 6.39. The van der Waals surface area contributed by atoms with E-state index in [0.717, 1.165) is 19.3 Å². The predicted molar refractivity (Wildman–Crippen MR) is 89.2 cm³/mol. The Morgan fingerprint density at radius 3 is 2.69 bits per heavy atom. The maximum atomic E-state index is 12.4. The van der Waals surface area contributed by atoms with Crippen molar-refractivity contribution < 1.29 is 22.7 Å². The van der Waals surface area contributed by atoms with E-state index in [1.165, 1.54) is 29.1 Å². The maximum Gasteiger partial charge on any atom is 0.573 e. The number of carbonyl (C=O) groups excluding carboxylic acids is 1. The Morgan fingerprint density at radius 1 is 1.42 bits per heavy atom. The Bertz CT molecular complexity index is 816. The van der Waals surface area contributed by atoms with Gasteiger partial charge in [-0.25, -0.2) is 0 Å². The maximum absolute atomic E-state index is 12.4. The highest BCUT2D eigenvalue weighted by Gasteiger charge is 2.40. The molecule has 0 bridgehead atoms. The lowest BCUT2D eigenvalue weighted by Gasteiger charge is -2.42. The van der Waals surface area contributed by atoms with Crippen LogP contribution in [-0.2, 0) is 12.5 Å². The summed E-state index contributed by atoms with van der Waals surface area (Å²) in [4.78, 5) is 12.3. The zero-order valence-electron chi connectivity index (χ0n) is 13.9. The molecule has 1 aromatic carbocycles. The lowest BCUT2D eigenvalue weighted by Crippen LogP contribution is -2.45. The predicted octanol–water partition coefficient (Wildman–Crippen LogP) is 3.82. The molecule has 26 heavy (non-hydrogen) atoms. The Hall–Kier alpha value is -2.22. The monoisotopic (exact) mass is 387 g/mol. The fourth-order valence-electron chi connectivity index (χ4n) is 3.14. The lowest BCUT2D eigenvalue weighted by atomic mass is 9.64. The number of benzene rings is 1. The van der Waals surface area contributed by atoms with Crippen LogP contribution in [-0.4, -0.2) is 28.6 Å². The summed E-state index contributed by atoms with van der Waals surface area (Å²) in [6.07, 6.45) is -0.759. The zero-order valence-corrected chi connectivity index (χ0v) is 14.7. The normalized spacial score (nSPS) is 16.0. The van der Waals surface area contributed by atoms with E-state index < -0.39 is 17.7 Å². The molecule has 2 aromatic rings. The van der Waals surface area contributed by atoms with Gasteiger partial charge in [0.25, 0.3) is 5.91 Å². The summed E-state index contributed by atoms with van der Waals surface area (Å²) in [6.45, 7) is 0.286. The van der Waals surface area contributed by atoms with Gasteiger partial charge in [-0.3, -0.25) is 9.48 Å². The standard InChI is InChI=1S/C17H17ClF3N3O2/c1-24-9-13(18)14(23-24)15(25)22-10-16(6-3-7-16)11-4-2-5-12(8-11)26-17(19,20)21/h2,4-5,8-9H,3,6-7,10H2,1H3,(H,22,25). The van der Waals surface area contributed by atoms with Crippen molar-refractivity contribution >= 4 is 17.5 Å². The van der Waals surface area contributed by atoms with Gasteiger partial charge in [0, 0.05) is 25.2 Å². The number of hydrogen-bond acceptors (Lipinski definition) is 3. The molecule has 140 valence electrons. The summed E-state index contributed by atoms with van der Waals surface area (Å²) in [5, 5.41) is 7.05. The van der Waals surface area contributed by atoms with Crippen molar-refractivity contribution in [3.05, 3.63) is 46.7 Å². The van der Waals surface area contributed by atoms with Crippen LogP contribution in [0.4, 0.5) is 13.2 Å². The first-order chi connectivity index (χ1) is 12.2. The number of ether oxygens (including phenoxy) is 1. The number of carbonyl (C=O) groups is 1. The van der Waals surface area contributed by atoms with E-state index in [4.69, 9.17) is 11.6 Å². The molecule has 1 aliphatic rings. The summed E-state index contributed by atoms with van der Waals surface area (Å²) in [7, 11) is 1.65. The van der Waals surface area contributed by atoms with Crippen LogP contribution in [0.5, 0.6) is 5.75 Å². The molecule has 0 unspecified atom stereocenters. The third-order valence-corrected chi connectivity index (χ3v) is 4.85. The number of rotatable bonds is 5. The molecule has 3 rings (SSSR count). The third kappa shape index (κ3) is 3.95.